The summed E-state index contributed by atoms with van der Waals surface area (Å²) in [4.78, 5) is 55.7. The van der Waals surface area contributed by atoms with Gasteiger partial charge in [-0.3, -0.25) is 14.4 Å². The highest BCUT2D eigenvalue weighted by Gasteiger charge is 2.43. The topological polar surface area (TPSA) is 184 Å². The molecule has 2 heterocycles. The maximum absolute atomic E-state index is 14.3. The molecule has 4 N–H and O–H groups in total. The largest absolute Gasteiger partial charge is 0.478 e. The molecule has 1 saturated heterocycles. The summed E-state index contributed by atoms with van der Waals surface area (Å²) < 4.78 is 66.5. The number of likely N-dealkylation sites (tertiary alicyclic amines) is 1. The van der Waals surface area contributed by atoms with Crippen molar-refractivity contribution in [3.63, 3.8) is 0 Å². The van der Waals surface area contributed by atoms with Crippen molar-refractivity contribution >= 4 is 23.7 Å². The number of carbonyl (C=O) groups excluding carboxylic acids is 3. The molecule has 0 spiro atoms. The van der Waals surface area contributed by atoms with Crippen LogP contribution in [0, 0.1) is 17.6 Å². The van der Waals surface area contributed by atoms with Crippen molar-refractivity contribution in [2.45, 2.75) is 96.6 Å². The lowest BCUT2D eigenvalue weighted by Gasteiger charge is -2.28. The molecule has 3 rings (SSSR count). The molecule has 17 heteroatoms. The van der Waals surface area contributed by atoms with Gasteiger partial charge in [-0.15, -0.1) is 0 Å². The van der Waals surface area contributed by atoms with E-state index in [2.05, 4.69) is 20.8 Å². The Morgan fingerprint density at radius 1 is 1.15 bits per heavy atom. The zero-order valence-electron chi connectivity index (χ0n) is 26.6. The van der Waals surface area contributed by atoms with E-state index < -0.39 is 108 Å². The number of nitrogens with zero attached hydrogens (tertiary/aromatic N) is 3. The van der Waals surface area contributed by atoms with E-state index in [1.54, 1.807) is 13.8 Å². The molecule has 1 aliphatic rings. The normalized spacial score (nSPS) is 18.0. The number of benzene rings is 1. The number of halogens is 4. The second kappa shape index (κ2) is 15.6. The number of carbonyl (C=O) groups is 4. The number of aromatic nitrogens is 2. The van der Waals surface area contributed by atoms with Crippen LogP contribution < -0.4 is 10.6 Å². The number of aromatic carboxylic acids is 1. The Kier molecular flexibility index (Phi) is 12.4. The first kappa shape index (κ1) is 37.3. The third-order valence-electron chi connectivity index (χ3n) is 7.40. The summed E-state index contributed by atoms with van der Waals surface area (Å²) in [5, 5.41) is 27.7. The Bertz CT molecular complexity index is 1420. The number of alkyl halides is 2. The van der Waals surface area contributed by atoms with Gasteiger partial charge >= 0.3 is 5.97 Å². The second-order valence-corrected chi connectivity index (χ2v) is 12.6. The molecular formula is C30H39F4N5O8. The molecule has 1 aliphatic heterocycles. The molecule has 4 atom stereocenters. The summed E-state index contributed by atoms with van der Waals surface area (Å²) >= 11 is 0. The molecule has 0 aliphatic carbocycles. The molecule has 1 fully saturated rings. The predicted octanol–water partition coefficient (Wildman–Crippen LogP) is 2.35. The first-order valence-electron chi connectivity index (χ1n) is 14.9. The molecule has 3 amide bonds. The monoisotopic (exact) mass is 673 g/mol. The Morgan fingerprint density at radius 2 is 1.79 bits per heavy atom. The Hall–Kier alpha value is -4.12. The standard InChI is InChI=1S/C30H39F4N5O8/c1-14(2)24(40)27(43)39-12-16(46-13-23-37-29(47-38-23)30(3,4)5)10-21(39)26(42)36-20(11-22(33)34)25(41)35-7-6-17-18(31)8-15(28(44)45)9-19(17)32/h8-9,14,16,20-22,24,40H,6-7,10-13H2,1-5H3,(H,35,41)(H,36,42)(H,44,45)/t16-,20+,21?,24+/m1/s1. The van der Waals surface area contributed by atoms with E-state index in [0.29, 0.717) is 18.0 Å². The van der Waals surface area contributed by atoms with Crippen LogP contribution >= 0.6 is 0 Å². The average Bonchev–Trinajstić information content (AvgIpc) is 3.63. The number of nitrogens with one attached hydrogen (secondary N) is 2. The van der Waals surface area contributed by atoms with Gasteiger partial charge in [0, 0.05) is 36.9 Å². The first-order chi connectivity index (χ1) is 21.9. The number of rotatable bonds is 14. The molecule has 1 aromatic carbocycles. The van der Waals surface area contributed by atoms with E-state index in [-0.39, 0.29) is 25.4 Å². The van der Waals surface area contributed by atoms with Crippen LogP contribution in [-0.2, 0) is 37.6 Å². The first-order valence-corrected chi connectivity index (χ1v) is 14.9. The molecule has 1 unspecified atom stereocenters. The number of amides is 3. The van der Waals surface area contributed by atoms with Crippen LogP contribution in [0.4, 0.5) is 17.6 Å². The van der Waals surface area contributed by atoms with Crippen LogP contribution in [0.25, 0.3) is 0 Å². The van der Waals surface area contributed by atoms with Gasteiger partial charge in [0.15, 0.2) is 5.82 Å². The van der Waals surface area contributed by atoms with Gasteiger partial charge in [0.1, 0.15) is 36.4 Å². The maximum Gasteiger partial charge on any atom is 0.335 e. The zero-order valence-corrected chi connectivity index (χ0v) is 26.6. The number of hydrogen-bond donors (Lipinski definition) is 4. The molecule has 0 saturated carbocycles. The summed E-state index contributed by atoms with van der Waals surface area (Å²) in [6.45, 7) is 8.08. The van der Waals surface area contributed by atoms with Gasteiger partial charge in [-0.05, 0) is 24.5 Å². The Balaban J connectivity index is 1.71. The van der Waals surface area contributed by atoms with Crippen LogP contribution in [-0.4, -0.2) is 92.8 Å². The zero-order chi connectivity index (χ0) is 35.2. The average molecular weight is 674 g/mol. The Morgan fingerprint density at radius 3 is 2.32 bits per heavy atom. The summed E-state index contributed by atoms with van der Waals surface area (Å²) in [7, 11) is 0. The van der Waals surface area contributed by atoms with Gasteiger partial charge in [-0.25, -0.2) is 22.4 Å². The minimum Gasteiger partial charge on any atom is -0.478 e. The summed E-state index contributed by atoms with van der Waals surface area (Å²) in [6, 6.07) is -1.89. The number of carboxylic acids is 1. The maximum atomic E-state index is 14.3. The number of carboxylic acid groups (broad SMARTS) is 1. The van der Waals surface area contributed by atoms with E-state index in [9.17, 15) is 41.8 Å². The number of hydrogen-bond acceptors (Lipinski definition) is 9. The van der Waals surface area contributed by atoms with Crippen LogP contribution in [0.1, 0.15) is 75.1 Å². The highest BCUT2D eigenvalue weighted by atomic mass is 19.3. The SMILES string of the molecule is CC(C)[C@H](O)C(=O)N1C[C@H](OCc2noc(C(C)(C)C)n2)CC1C(=O)N[C@@H](CC(F)F)C(=O)NCCc1c(F)cc(C(=O)O)cc1F. The highest BCUT2D eigenvalue weighted by molar-refractivity contribution is 5.93. The van der Waals surface area contributed by atoms with E-state index in [1.807, 2.05) is 20.8 Å². The van der Waals surface area contributed by atoms with Crippen molar-refractivity contribution < 1.29 is 56.2 Å². The fraction of sp³-hybridized carbons (Fsp3) is 0.600. The lowest BCUT2D eigenvalue weighted by atomic mass is 9.97. The lowest BCUT2D eigenvalue weighted by molar-refractivity contribution is -0.147. The van der Waals surface area contributed by atoms with Crippen molar-refractivity contribution in [2.24, 2.45) is 5.92 Å². The summed E-state index contributed by atoms with van der Waals surface area (Å²) in [5.41, 5.74) is -1.57. The minimum absolute atomic E-state index is 0.111. The highest BCUT2D eigenvalue weighted by Crippen LogP contribution is 2.25. The summed E-state index contributed by atoms with van der Waals surface area (Å²) in [5.74, 6) is -6.67. The van der Waals surface area contributed by atoms with Gasteiger partial charge in [-0.1, -0.05) is 39.8 Å². The van der Waals surface area contributed by atoms with Crippen LogP contribution in [0.2, 0.25) is 0 Å². The van der Waals surface area contributed by atoms with Crippen molar-refractivity contribution in [3.8, 4) is 0 Å². The molecule has 0 radical (unpaired) electrons. The fourth-order valence-corrected chi connectivity index (χ4v) is 4.75. The molecule has 47 heavy (non-hydrogen) atoms. The third kappa shape index (κ3) is 9.93. The van der Waals surface area contributed by atoms with E-state index in [0.717, 1.165) is 4.90 Å². The van der Waals surface area contributed by atoms with Gasteiger partial charge in [0.25, 0.3) is 5.91 Å². The van der Waals surface area contributed by atoms with E-state index in [4.69, 9.17) is 14.4 Å². The fourth-order valence-electron chi connectivity index (χ4n) is 4.75. The van der Waals surface area contributed by atoms with Gasteiger partial charge in [0.05, 0.1) is 11.7 Å². The van der Waals surface area contributed by atoms with Crippen molar-refractivity contribution in [1.82, 2.24) is 25.7 Å². The van der Waals surface area contributed by atoms with Crippen molar-refractivity contribution in [1.29, 1.82) is 0 Å². The third-order valence-corrected chi connectivity index (χ3v) is 7.40. The van der Waals surface area contributed by atoms with Crippen LogP contribution in [0.15, 0.2) is 16.7 Å². The number of ether oxygens (including phenoxy) is 1. The molecule has 0 bridgehead atoms. The lowest BCUT2D eigenvalue weighted by Crippen LogP contribution is -2.55. The second-order valence-electron chi connectivity index (χ2n) is 12.6. The molecule has 1 aromatic heterocycles. The van der Waals surface area contributed by atoms with Gasteiger partial charge < -0.3 is 35.0 Å². The molecular weight excluding hydrogens is 634 g/mol. The molecule has 2 aromatic rings. The van der Waals surface area contributed by atoms with E-state index in [1.165, 1.54) is 0 Å². The van der Waals surface area contributed by atoms with Crippen molar-refractivity contribution in [3.05, 3.63) is 46.6 Å². The van der Waals surface area contributed by atoms with Gasteiger partial charge in [-0.2, -0.15) is 4.98 Å². The summed E-state index contributed by atoms with van der Waals surface area (Å²) in [6.07, 6.45) is -6.96. The minimum atomic E-state index is -3.04. The van der Waals surface area contributed by atoms with E-state index >= 15 is 0 Å². The quantitative estimate of drug-likeness (QED) is 0.217. The smallest absolute Gasteiger partial charge is 0.335 e. The van der Waals surface area contributed by atoms with Gasteiger partial charge in [0.2, 0.25) is 24.1 Å². The number of aliphatic hydroxyl groups is 1. The number of aliphatic hydroxyl groups excluding tert-OH is 1. The predicted molar refractivity (Wildman–Crippen MR) is 155 cm³/mol. The van der Waals surface area contributed by atoms with Crippen LogP contribution in [0.3, 0.4) is 0 Å². The van der Waals surface area contributed by atoms with Crippen LogP contribution in [0.5, 0.6) is 0 Å². The molecule has 13 nitrogen and oxygen atoms in total. The van der Waals surface area contributed by atoms with Crippen molar-refractivity contribution in [2.75, 3.05) is 13.1 Å². The molecule has 260 valence electrons. The Labute approximate surface area is 268 Å².